The summed E-state index contributed by atoms with van der Waals surface area (Å²) >= 11 is 0. The van der Waals surface area contributed by atoms with Crippen LogP contribution in [0.25, 0.3) is 0 Å². The third-order valence-corrected chi connectivity index (χ3v) is 4.11. The van der Waals surface area contributed by atoms with E-state index in [1.54, 1.807) is 7.11 Å². The molecule has 0 aliphatic heterocycles. The van der Waals surface area contributed by atoms with E-state index in [1.807, 2.05) is 0 Å². The van der Waals surface area contributed by atoms with Gasteiger partial charge in [0.05, 0.1) is 7.11 Å². The summed E-state index contributed by atoms with van der Waals surface area (Å²) in [4.78, 5) is 0. The van der Waals surface area contributed by atoms with Crippen molar-refractivity contribution in [2.45, 2.75) is 57.7 Å². The third kappa shape index (κ3) is 3.71. The molecule has 3 N–H and O–H groups in total. The van der Waals surface area contributed by atoms with E-state index >= 15 is 0 Å². The van der Waals surface area contributed by atoms with Gasteiger partial charge in [-0.15, -0.1) is 0 Å². The van der Waals surface area contributed by atoms with Crippen molar-refractivity contribution in [1.29, 1.82) is 0 Å². The van der Waals surface area contributed by atoms with Crippen molar-refractivity contribution in [2.24, 2.45) is 5.73 Å². The zero-order valence-corrected chi connectivity index (χ0v) is 12.1. The molecule has 3 heteroatoms. The number of hydrogen-bond donors (Lipinski definition) is 2. The van der Waals surface area contributed by atoms with E-state index < -0.39 is 0 Å². The van der Waals surface area contributed by atoms with Gasteiger partial charge in [-0.2, -0.15) is 0 Å². The van der Waals surface area contributed by atoms with Gasteiger partial charge < -0.3 is 15.8 Å². The van der Waals surface area contributed by atoms with Crippen LogP contribution in [-0.4, -0.2) is 19.2 Å². The Balaban J connectivity index is 1.95. The molecule has 0 saturated heterocycles. The number of nitrogens with two attached hydrogens (primary N) is 1. The third-order valence-electron chi connectivity index (χ3n) is 4.11. The van der Waals surface area contributed by atoms with Gasteiger partial charge in [0.2, 0.25) is 0 Å². The highest BCUT2D eigenvalue weighted by atomic mass is 16.5. The molecule has 19 heavy (non-hydrogen) atoms. The minimum atomic E-state index is 0.317. The summed E-state index contributed by atoms with van der Waals surface area (Å²) in [6.07, 6.45) is 5.94. The number of aryl methyl sites for hydroxylation is 1. The molecule has 0 spiro atoms. The maximum absolute atomic E-state index is 6.16. The van der Waals surface area contributed by atoms with Crippen molar-refractivity contribution in [3.8, 4) is 5.75 Å². The Labute approximate surface area is 116 Å². The predicted molar refractivity (Wildman–Crippen MR) is 79.4 cm³/mol. The molecule has 1 fully saturated rings. The van der Waals surface area contributed by atoms with E-state index in [-0.39, 0.29) is 0 Å². The van der Waals surface area contributed by atoms with Gasteiger partial charge in [0.15, 0.2) is 0 Å². The molecule has 0 heterocycles. The molecule has 3 nitrogen and oxygen atoms in total. The summed E-state index contributed by atoms with van der Waals surface area (Å²) in [7, 11) is 1.73. The van der Waals surface area contributed by atoms with Crippen LogP contribution in [0.15, 0.2) is 18.2 Å². The van der Waals surface area contributed by atoms with Crippen LogP contribution in [0.2, 0.25) is 0 Å². The molecule has 0 bridgehead atoms. The van der Waals surface area contributed by atoms with Gasteiger partial charge in [-0.1, -0.05) is 31.9 Å². The van der Waals surface area contributed by atoms with Gasteiger partial charge in [-0.25, -0.2) is 0 Å². The van der Waals surface area contributed by atoms with Crippen LogP contribution in [0.5, 0.6) is 5.75 Å². The Morgan fingerprint density at radius 2 is 2.11 bits per heavy atom. The monoisotopic (exact) mass is 262 g/mol. The number of methoxy groups -OCH3 is 1. The molecule has 1 aliphatic rings. The highest BCUT2D eigenvalue weighted by molar-refractivity contribution is 5.37. The molecule has 1 aromatic carbocycles. The van der Waals surface area contributed by atoms with Crippen LogP contribution < -0.4 is 15.8 Å². The molecule has 0 amide bonds. The summed E-state index contributed by atoms with van der Waals surface area (Å²) in [5, 5.41) is 3.61. The summed E-state index contributed by atoms with van der Waals surface area (Å²) in [5.74, 6) is 0.987. The predicted octanol–water partition coefficient (Wildman–Crippen LogP) is 2.62. The zero-order chi connectivity index (χ0) is 13.7. The molecule has 2 rings (SSSR count). The molecule has 1 aromatic rings. The minimum absolute atomic E-state index is 0.317. The van der Waals surface area contributed by atoms with Crippen molar-refractivity contribution in [3.05, 3.63) is 29.3 Å². The van der Waals surface area contributed by atoms with Gasteiger partial charge in [0.25, 0.3) is 0 Å². The normalized spacial score (nSPS) is 23.3. The standard InChI is InChI=1S/C16H26N2O/c1-3-13-10-12(8-9-16(13)19-2)11-18-15-7-5-4-6-14(15)17/h8-10,14-15,18H,3-7,11,17H2,1-2H3. The van der Waals surface area contributed by atoms with Crippen LogP contribution in [0, 0.1) is 0 Å². The first-order chi connectivity index (χ1) is 9.24. The van der Waals surface area contributed by atoms with Crippen LogP contribution >= 0.6 is 0 Å². The number of nitrogens with one attached hydrogen (secondary N) is 1. The zero-order valence-electron chi connectivity index (χ0n) is 12.1. The molecule has 2 unspecified atom stereocenters. The average Bonchev–Trinajstić information content (AvgIpc) is 2.46. The first-order valence-corrected chi connectivity index (χ1v) is 7.39. The van der Waals surface area contributed by atoms with E-state index in [0.717, 1.165) is 25.1 Å². The Kier molecular flexibility index (Phi) is 5.23. The molecule has 106 valence electrons. The van der Waals surface area contributed by atoms with E-state index in [2.05, 4.69) is 30.4 Å². The van der Waals surface area contributed by atoms with Crippen molar-refractivity contribution >= 4 is 0 Å². The van der Waals surface area contributed by atoms with Crippen molar-refractivity contribution < 1.29 is 4.74 Å². The topological polar surface area (TPSA) is 47.3 Å². The Morgan fingerprint density at radius 3 is 2.79 bits per heavy atom. The smallest absolute Gasteiger partial charge is 0.122 e. The lowest BCUT2D eigenvalue weighted by Crippen LogP contribution is -2.46. The van der Waals surface area contributed by atoms with Gasteiger partial charge in [0, 0.05) is 18.6 Å². The molecule has 0 aromatic heterocycles. The molecule has 1 saturated carbocycles. The largest absolute Gasteiger partial charge is 0.496 e. The van der Waals surface area contributed by atoms with E-state index in [1.165, 1.54) is 30.4 Å². The van der Waals surface area contributed by atoms with Crippen LogP contribution in [-0.2, 0) is 13.0 Å². The molecule has 2 atom stereocenters. The van der Waals surface area contributed by atoms with Gasteiger partial charge in [-0.05, 0) is 36.5 Å². The Hall–Kier alpha value is -1.06. The number of ether oxygens (including phenoxy) is 1. The van der Waals surface area contributed by atoms with Crippen LogP contribution in [0.3, 0.4) is 0 Å². The summed E-state index contributed by atoms with van der Waals surface area (Å²) in [6.45, 7) is 3.06. The lowest BCUT2D eigenvalue weighted by Gasteiger charge is -2.29. The lowest BCUT2D eigenvalue weighted by molar-refractivity contribution is 0.326. The molecular formula is C16H26N2O. The Morgan fingerprint density at radius 1 is 1.32 bits per heavy atom. The fraction of sp³-hybridized carbons (Fsp3) is 0.625. The number of benzene rings is 1. The number of hydrogen-bond acceptors (Lipinski definition) is 3. The number of rotatable bonds is 5. The molecule has 0 radical (unpaired) electrons. The van der Waals surface area contributed by atoms with Crippen molar-refractivity contribution in [3.63, 3.8) is 0 Å². The first kappa shape index (κ1) is 14.4. The second kappa shape index (κ2) is 6.92. The van der Waals surface area contributed by atoms with Crippen molar-refractivity contribution in [2.75, 3.05) is 7.11 Å². The lowest BCUT2D eigenvalue weighted by atomic mass is 9.91. The van der Waals surface area contributed by atoms with Crippen molar-refractivity contribution in [1.82, 2.24) is 5.32 Å². The average molecular weight is 262 g/mol. The fourth-order valence-corrected chi connectivity index (χ4v) is 2.88. The highest BCUT2D eigenvalue weighted by Crippen LogP contribution is 2.21. The fourth-order valence-electron chi connectivity index (χ4n) is 2.88. The van der Waals surface area contributed by atoms with Crippen LogP contribution in [0.1, 0.15) is 43.7 Å². The van der Waals surface area contributed by atoms with Gasteiger partial charge >= 0.3 is 0 Å². The molecular weight excluding hydrogens is 236 g/mol. The second-order valence-corrected chi connectivity index (χ2v) is 5.44. The summed E-state index contributed by atoms with van der Waals surface area (Å²) < 4.78 is 5.36. The van der Waals surface area contributed by atoms with Crippen LogP contribution in [0.4, 0.5) is 0 Å². The van der Waals surface area contributed by atoms with Gasteiger partial charge in [0.1, 0.15) is 5.75 Å². The van der Waals surface area contributed by atoms with Gasteiger partial charge in [-0.3, -0.25) is 0 Å². The summed E-state index contributed by atoms with van der Waals surface area (Å²) in [6, 6.07) is 7.23. The second-order valence-electron chi connectivity index (χ2n) is 5.44. The highest BCUT2D eigenvalue weighted by Gasteiger charge is 2.20. The van der Waals surface area contributed by atoms with E-state index in [0.29, 0.717) is 12.1 Å². The maximum Gasteiger partial charge on any atom is 0.122 e. The summed E-state index contributed by atoms with van der Waals surface area (Å²) in [5.41, 5.74) is 8.75. The quantitative estimate of drug-likeness (QED) is 0.857. The first-order valence-electron chi connectivity index (χ1n) is 7.39. The van der Waals surface area contributed by atoms with E-state index in [4.69, 9.17) is 10.5 Å². The molecule has 1 aliphatic carbocycles. The maximum atomic E-state index is 6.16. The SMILES string of the molecule is CCc1cc(CNC2CCCCC2N)ccc1OC. The van der Waals surface area contributed by atoms with E-state index in [9.17, 15) is 0 Å². The Bertz CT molecular complexity index is 406. The minimum Gasteiger partial charge on any atom is -0.496 e.